The molecule has 1 aromatic carbocycles. The highest BCUT2D eigenvalue weighted by atomic mass is 16.1. The third-order valence-electron chi connectivity index (χ3n) is 6.89. The fourth-order valence-corrected chi connectivity index (χ4v) is 5.08. The molecule has 2 unspecified atom stereocenters. The van der Waals surface area contributed by atoms with Crippen LogP contribution in [0.15, 0.2) is 30.5 Å². The van der Waals surface area contributed by atoms with Crippen molar-refractivity contribution < 1.29 is 9.59 Å². The van der Waals surface area contributed by atoms with Crippen molar-refractivity contribution >= 4 is 28.8 Å². The lowest BCUT2D eigenvalue weighted by Gasteiger charge is -2.61. The average molecular weight is 363 g/mol. The summed E-state index contributed by atoms with van der Waals surface area (Å²) in [5.41, 5.74) is 2.76. The van der Waals surface area contributed by atoms with E-state index < -0.39 is 0 Å². The largest absolute Gasteiger partial charge is 0.371 e. The summed E-state index contributed by atoms with van der Waals surface area (Å²) in [6.45, 7) is 3.88. The van der Waals surface area contributed by atoms with Gasteiger partial charge in [-0.05, 0) is 61.8 Å². The van der Waals surface area contributed by atoms with E-state index in [1.165, 1.54) is 0 Å². The van der Waals surface area contributed by atoms with Gasteiger partial charge in [-0.3, -0.25) is 9.78 Å². The molecule has 2 aromatic rings. The minimum absolute atomic E-state index is 0.0164. The zero-order valence-electron chi connectivity index (χ0n) is 15.6. The predicted molar refractivity (Wildman–Crippen MR) is 105 cm³/mol. The zero-order valence-corrected chi connectivity index (χ0v) is 15.6. The van der Waals surface area contributed by atoms with Crippen molar-refractivity contribution in [3.05, 3.63) is 36.0 Å². The Kier molecular flexibility index (Phi) is 3.74. The molecule has 1 saturated heterocycles. The monoisotopic (exact) mass is 363 g/mol. The Morgan fingerprint density at radius 3 is 2.78 bits per heavy atom. The fourth-order valence-electron chi connectivity index (χ4n) is 5.08. The van der Waals surface area contributed by atoms with Crippen molar-refractivity contribution in [2.75, 3.05) is 18.0 Å². The standard InChI is InChI=1S/C22H25N3O2/c1-14-12-25(7-5-17(14)13-26)20-4-6-23-19-8-16(2-3-18(19)20)21(27)24-22-9-15(10-22)11-22/h2-4,6,8,13-15,17H,5,7,9-12H2,1H3,(H,24,27). The van der Waals surface area contributed by atoms with Gasteiger partial charge in [0.1, 0.15) is 6.29 Å². The van der Waals surface area contributed by atoms with E-state index in [4.69, 9.17) is 0 Å². The van der Waals surface area contributed by atoms with Gasteiger partial charge >= 0.3 is 0 Å². The van der Waals surface area contributed by atoms with Crippen LogP contribution >= 0.6 is 0 Å². The highest BCUT2D eigenvalue weighted by Gasteiger charge is 2.57. The van der Waals surface area contributed by atoms with Crippen LogP contribution < -0.4 is 10.2 Å². The summed E-state index contributed by atoms with van der Waals surface area (Å²) in [6.07, 6.45) is 7.23. The van der Waals surface area contributed by atoms with Gasteiger partial charge < -0.3 is 15.0 Å². The van der Waals surface area contributed by atoms with Crippen LogP contribution in [0.2, 0.25) is 0 Å². The summed E-state index contributed by atoms with van der Waals surface area (Å²) < 4.78 is 0. The Morgan fingerprint density at radius 2 is 2.11 bits per heavy atom. The Morgan fingerprint density at radius 1 is 1.30 bits per heavy atom. The Labute approximate surface area is 159 Å². The van der Waals surface area contributed by atoms with E-state index in [0.717, 1.165) is 67.6 Å². The maximum Gasteiger partial charge on any atom is 0.251 e. The maximum absolute atomic E-state index is 12.6. The summed E-state index contributed by atoms with van der Waals surface area (Å²) in [6, 6.07) is 7.88. The second-order valence-electron chi connectivity index (χ2n) is 8.79. The molecular weight excluding hydrogens is 338 g/mol. The second kappa shape index (κ2) is 6.04. The molecule has 1 amide bonds. The van der Waals surface area contributed by atoms with Crippen molar-refractivity contribution in [2.45, 2.75) is 38.1 Å². The minimum atomic E-state index is 0.0164. The Hall–Kier alpha value is -2.43. The van der Waals surface area contributed by atoms with Gasteiger partial charge in [-0.1, -0.05) is 6.92 Å². The number of carbonyl (C=O) groups is 2. The summed E-state index contributed by atoms with van der Waals surface area (Å²) in [7, 11) is 0. The summed E-state index contributed by atoms with van der Waals surface area (Å²) in [5, 5.41) is 4.29. The molecule has 2 heterocycles. The van der Waals surface area contributed by atoms with Gasteiger partial charge in [-0.25, -0.2) is 0 Å². The molecule has 27 heavy (non-hydrogen) atoms. The topological polar surface area (TPSA) is 62.3 Å². The molecule has 1 N–H and O–H groups in total. The van der Waals surface area contributed by atoms with Crippen LogP contribution in [-0.4, -0.2) is 35.8 Å². The zero-order chi connectivity index (χ0) is 18.6. The molecule has 1 aliphatic heterocycles. The number of aldehydes is 1. The molecule has 5 heteroatoms. The number of benzene rings is 1. The van der Waals surface area contributed by atoms with Crippen molar-refractivity contribution in [3.63, 3.8) is 0 Å². The molecule has 1 aromatic heterocycles. The van der Waals surface area contributed by atoms with E-state index >= 15 is 0 Å². The summed E-state index contributed by atoms with van der Waals surface area (Å²) >= 11 is 0. The molecular formula is C22H25N3O2. The molecule has 0 spiro atoms. The van der Waals surface area contributed by atoms with E-state index in [1.54, 1.807) is 0 Å². The molecule has 0 radical (unpaired) electrons. The van der Waals surface area contributed by atoms with Crippen LogP contribution in [-0.2, 0) is 4.79 Å². The lowest BCUT2D eigenvalue weighted by Crippen LogP contribution is -2.68. The average Bonchev–Trinajstić information content (AvgIpc) is 2.62. The van der Waals surface area contributed by atoms with Crippen LogP contribution in [0.5, 0.6) is 0 Å². The number of pyridine rings is 1. The number of fused-ring (bicyclic) bond motifs is 1. The molecule has 4 aliphatic rings. The number of hydrogen-bond acceptors (Lipinski definition) is 4. The first-order chi connectivity index (χ1) is 13.1. The highest BCUT2D eigenvalue weighted by Crippen LogP contribution is 2.57. The molecule has 4 fully saturated rings. The van der Waals surface area contributed by atoms with E-state index in [1.807, 2.05) is 30.5 Å². The number of nitrogens with zero attached hydrogens (tertiary/aromatic N) is 2. The van der Waals surface area contributed by atoms with E-state index in [-0.39, 0.29) is 17.4 Å². The number of aromatic nitrogens is 1. The van der Waals surface area contributed by atoms with E-state index in [2.05, 4.69) is 22.1 Å². The molecule has 2 bridgehead atoms. The molecule has 3 aliphatic carbocycles. The molecule has 5 nitrogen and oxygen atoms in total. The minimum Gasteiger partial charge on any atom is -0.371 e. The smallest absolute Gasteiger partial charge is 0.251 e. The van der Waals surface area contributed by atoms with Gasteiger partial charge in [0.15, 0.2) is 0 Å². The van der Waals surface area contributed by atoms with Crippen molar-refractivity contribution in [1.82, 2.24) is 10.3 Å². The van der Waals surface area contributed by atoms with E-state index in [9.17, 15) is 9.59 Å². The first kappa shape index (κ1) is 16.7. The first-order valence-electron chi connectivity index (χ1n) is 9.98. The number of hydrogen-bond donors (Lipinski definition) is 1. The summed E-state index contributed by atoms with van der Waals surface area (Å²) in [5.74, 6) is 1.36. The van der Waals surface area contributed by atoms with Gasteiger partial charge in [0.25, 0.3) is 5.91 Å². The Bertz CT molecular complexity index is 908. The quantitative estimate of drug-likeness (QED) is 0.848. The van der Waals surface area contributed by atoms with Gasteiger partial charge in [-0.15, -0.1) is 0 Å². The number of carbonyl (C=O) groups excluding carboxylic acids is 2. The first-order valence-corrected chi connectivity index (χ1v) is 9.98. The molecule has 3 saturated carbocycles. The number of rotatable bonds is 4. The highest BCUT2D eigenvalue weighted by molar-refractivity contribution is 6.01. The third kappa shape index (κ3) is 2.71. The van der Waals surface area contributed by atoms with Crippen molar-refractivity contribution in [3.8, 4) is 0 Å². The SMILES string of the molecule is CC1CN(c2ccnc3cc(C(=O)NC45CC(C4)C5)ccc23)CCC1C=O. The number of nitrogens with one attached hydrogen (secondary N) is 1. The predicted octanol–water partition coefficient (Wildman–Crippen LogP) is 3.18. The van der Waals surface area contributed by atoms with E-state index in [0.29, 0.717) is 11.5 Å². The van der Waals surface area contributed by atoms with Gasteiger partial charge in [0, 0.05) is 47.4 Å². The number of anilines is 1. The van der Waals surface area contributed by atoms with Crippen molar-refractivity contribution in [2.24, 2.45) is 17.8 Å². The lowest BCUT2D eigenvalue weighted by atomic mass is 9.50. The van der Waals surface area contributed by atoms with Gasteiger partial charge in [0.2, 0.25) is 0 Å². The third-order valence-corrected chi connectivity index (χ3v) is 6.89. The van der Waals surface area contributed by atoms with Crippen LogP contribution in [0.4, 0.5) is 5.69 Å². The van der Waals surface area contributed by atoms with Crippen LogP contribution in [0.3, 0.4) is 0 Å². The second-order valence-corrected chi connectivity index (χ2v) is 8.79. The van der Waals surface area contributed by atoms with Gasteiger partial charge in [-0.2, -0.15) is 0 Å². The molecule has 2 atom stereocenters. The molecule has 140 valence electrons. The normalized spacial score (nSPS) is 31.7. The van der Waals surface area contributed by atoms with Crippen LogP contribution in [0, 0.1) is 17.8 Å². The van der Waals surface area contributed by atoms with Crippen LogP contribution in [0.1, 0.15) is 43.0 Å². The summed E-state index contributed by atoms with van der Waals surface area (Å²) in [4.78, 5) is 30.7. The fraction of sp³-hybridized carbons (Fsp3) is 0.500. The Balaban J connectivity index is 1.40. The number of piperidine rings is 1. The lowest BCUT2D eigenvalue weighted by molar-refractivity contribution is -0.112. The van der Waals surface area contributed by atoms with Gasteiger partial charge in [0.05, 0.1) is 5.52 Å². The number of amides is 1. The molecule has 6 rings (SSSR count). The van der Waals surface area contributed by atoms with Crippen molar-refractivity contribution in [1.29, 1.82) is 0 Å². The maximum atomic E-state index is 12.6. The van der Waals surface area contributed by atoms with Crippen LogP contribution in [0.25, 0.3) is 10.9 Å².